The average Bonchev–Trinajstić information content (AvgIpc) is 3.81. The number of benzene rings is 10. The van der Waals surface area contributed by atoms with Crippen LogP contribution in [0.2, 0.25) is 0 Å². The third-order valence-electron chi connectivity index (χ3n) is 13.9. The Morgan fingerprint density at radius 3 is 1.34 bits per heavy atom. The highest BCUT2D eigenvalue weighted by Crippen LogP contribution is 2.51. The zero-order chi connectivity index (χ0) is 42.5. The number of aromatic nitrogens is 3. The molecule has 3 heteroatoms. The topological polar surface area (TPSA) is 30.7 Å². The molecule has 0 amide bonds. The molecule has 0 saturated heterocycles. The molecule has 3 nitrogen and oxygen atoms in total. The fourth-order valence-corrected chi connectivity index (χ4v) is 10.6. The van der Waals surface area contributed by atoms with Crippen LogP contribution in [0, 0.1) is 0 Å². The Morgan fingerprint density at radius 1 is 0.328 bits per heavy atom. The van der Waals surface area contributed by atoms with Crippen molar-refractivity contribution in [3.05, 3.63) is 224 Å². The summed E-state index contributed by atoms with van der Waals surface area (Å²) < 4.78 is 2.39. The maximum Gasteiger partial charge on any atom is 0.0971 e. The van der Waals surface area contributed by atoms with Crippen LogP contribution in [-0.4, -0.2) is 14.5 Å². The van der Waals surface area contributed by atoms with E-state index in [1.54, 1.807) is 12.4 Å². The molecule has 0 N–H and O–H groups in total. The Bertz CT molecular complexity index is 3800. The van der Waals surface area contributed by atoms with Gasteiger partial charge in [0, 0.05) is 45.0 Å². The molecule has 1 aliphatic carbocycles. The van der Waals surface area contributed by atoms with Gasteiger partial charge >= 0.3 is 0 Å². The van der Waals surface area contributed by atoms with Crippen LogP contribution in [0.1, 0.15) is 25.0 Å². The Kier molecular flexibility index (Phi) is 7.95. The Labute approximate surface area is 371 Å². The quantitative estimate of drug-likeness (QED) is 0.162. The molecule has 2 heterocycles. The second-order valence-corrected chi connectivity index (χ2v) is 17.8. The zero-order valence-electron chi connectivity index (χ0n) is 35.5. The minimum atomic E-state index is -0.147. The Morgan fingerprint density at radius 2 is 0.750 bits per heavy atom. The van der Waals surface area contributed by atoms with Crippen LogP contribution in [0.25, 0.3) is 116 Å². The van der Waals surface area contributed by atoms with Crippen molar-refractivity contribution in [2.45, 2.75) is 19.3 Å². The van der Waals surface area contributed by atoms with E-state index in [0.29, 0.717) is 0 Å². The van der Waals surface area contributed by atoms with Crippen LogP contribution in [0.4, 0.5) is 0 Å². The van der Waals surface area contributed by atoms with Crippen molar-refractivity contribution in [2.24, 2.45) is 0 Å². The molecule has 0 radical (unpaired) electrons. The monoisotopic (exact) mass is 815 g/mol. The van der Waals surface area contributed by atoms with Gasteiger partial charge in [-0.3, -0.25) is 9.97 Å². The fraction of sp³-hybridized carbons (Fsp3) is 0.0492. The number of rotatable bonds is 5. The summed E-state index contributed by atoms with van der Waals surface area (Å²) in [5.74, 6) is 0. The lowest BCUT2D eigenvalue weighted by Crippen LogP contribution is -2.15. The maximum atomic E-state index is 4.74. The standard InChI is InChI=1S/C61H41N3/c1-61(2)55-35-43(39-18-16-38(17-19-39)42-27-31-53-54(34-42)47-12-6-7-14-52(47)59-60(53)63-33-32-62-59)24-28-48(55)49-29-25-44(36-56(49)61)40-20-22-41(23-21-40)45-26-30-51-50-13-8-9-15-57(50)64(58(51)37-45)46-10-4-3-5-11-46/h3-37H,1-2H3. The molecule has 0 aliphatic heterocycles. The van der Waals surface area contributed by atoms with Gasteiger partial charge in [-0.05, 0) is 120 Å². The summed E-state index contributed by atoms with van der Waals surface area (Å²) in [7, 11) is 0. The summed E-state index contributed by atoms with van der Waals surface area (Å²) in [5.41, 5.74) is 20.5. The summed E-state index contributed by atoms with van der Waals surface area (Å²) in [4.78, 5) is 9.45. The molecule has 1 aliphatic rings. The van der Waals surface area contributed by atoms with Gasteiger partial charge in [0.05, 0.1) is 22.1 Å². The molecule has 300 valence electrons. The van der Waals surface area contributed by atoms with Crippen LogP contribution < -0.4 is 0 Å². The largest absolute Gasteiger partial charge is 0.309 e. The highest BCUT2D eigenvalue weighted by Gasteiger charge is 2.36. The van der Waals surface area contributed by atoms with Gasteiger partial charge in [0.1, 0.15) is 0 Å². The molecule has 64 heavy (non-hydrogen) atoms. The van der Waals surface area contributed by atoms with E-state index in [1.165, 1.54) is 105 Å². The van der Waals surface area contributed by atoms with Crippen molar-refractivity contribution in [1.29, 1.82) is 0 Å². The molecular weight excluding hydrogens is 775 g/mol. The number of hydrogen-bond acceptors (Lipinski definition) is 2. The second-order valence-electron chi connectivity index (χ2n) is 17.8. The lowest BCUT2D eigenvalue weighted by atomic mass is 9.80. The minimum Gasteiger partial charge on any atom is -0.309 e. The van der Waals surface area contributed by atoms with E-state index in [-0.39, 0.29) is 5.41 Å². The SMILES string of the molecule is CC1(C)c2cc(-c3ccc(-c4ccc5c(c4)c4ccccc4c4nccnc54)cc3)ccc2-c2ccc(-c3ccc(-c4ccc5c6ccccc6n(-c6ccccc6)c5c4)cc3)cc21. The van der Waals surface area contributed by atoms with Crippen molar-refractivity contribution in [2.75, 3.05) is 0 Å². The lowest BCUT2D eigenvalue weighted by molar-refractivity contribution is 0.661. The van der Waals surface area contributed by atoms with Gasteiger partial charge in [0.2, 0.25) is 0 Å². The van der Waals surface area contributed by atoms with Crippen molar-refractivity contribution < 1.29 is 0 Å². The molecule has 10 aromatic carbocycles. The number of nitrogens with zero attached hydrogens (tertiary/aromatic N) is 3. The zero-order valence-corrected chi connectivity index (χ0v) is 35.5. The van der Waals surface area contributed by atoms with Crippen molar-refractivity contribution in [3.8, 4) is 61.3 Å². The molecule has 2 aromatic heterocycles. The molecule has 0 spiro atoms. The number of hydrogen-bond donors (Lipinski definition) is 0. The summed E-state index contributed by atoms with van der Waals surface area (Å²) in [6.07, 6.45) is 3.57. The molecule has 0 saturated carbocycles. The van der Waals surface area contributed by atoms with Crippen LogP contribution in [0.15, 0.2) is 213 Å². The van der Waals surface area contributed by atoms with Gasteiger partial charge in [0.15, 0.2) is 0 Å². The van der Waals surface area contributed by atoms with Crippen molar-refractivity contribution in [3.63, 3.8) is 0 Å². The predicted octanol–water partition coefficient (Wildman–Crippen LogP) is 16.0. The molecule has 0 atom stereocenters. The molecular formula is C61H41N3. The van der Waals surface area contributed by atoms with Gasteiger partial charge in [0.25, 0.3) is 0 Å². The molecule has 0 fully saturated rings. The van der Waals surface area contributed by atoms with Gasteiger partial charge < -0.3 is 4.57 Å². The average molecular weight is 816 g/mol. The molecule has 13 rings (SSSR count). The van der Waals surface area contributed by atoms with E-state index in [0.717, 1.165) is 21.8 Å². The summed E-state index contributed by atoms with van der Waals surface area (Å²) >= 11 is 0. The van der Waals surface area contributed by atoms with Crippen LogP contribution in [0.5, 0.6) is 0 Å². The third kappa shape index (κ3) is 5.54. The lowest BCUT2D eigenvalue weighted by Gasteiger charge is -2.22. The minimum absolute atomic E-state index is 0.147. The predicted molar refractivity (Wildman–Crippen MR) is 268 cm³/mol. The molecule has 0 unspecified atom stereocenters. The van der Waals surface area contributed by atoms with E-state index >= 15 is 0 Å². The second kappa shape index (κ2) is 13.9. The van der Waals surface area contributed by atoms with Gasteiger partial charge in [-0.15, -0.1) is 0 Å². The highest BCUT2D eigenvalue weighted by molar-refractivity contribution is 6.23. The smallest absolute Gasteiger partial charge is 0.0971 e. The summed E-state index contributed by atoms with van der Waals surface area (Å²) in [6, 6.07) is 73.8. The number of fused-ring (bicyclic) bond motifs is 12. The fourth-order valence-electron chi connectivity index (χ4n) is 10.6. The first kappa shape index (κ1) is 36.5. The Balaban J connectivity index is 0.791. The van der Waals surface area contributed by atoms with E-state index < -0.39 is 0 Å². The maximum absolute atomic E-state index is 4.74. The van der Waals surface area contributed by atoms with E-state index in [4.69, 9.17) is 9.97 Å². The van der Waals surface area contributed by atoms with Gasteiger partial charge in [-0.25, -0.2) is 0 Å². The third-order valence-corrected chi connectivity index (χ3v) is 13.9. The summed E-state index contributed by atoms with van der Waals surface area (Å²) in [5, 5.41) is 7.19. The molecule has 12 aromatic rings. The Hall–Kier alpha value is -8.14. The van der Waals surface area contributed by atoms with Gasteiger partial charge in [-0.2, -0.15) is 0 Å². The van der Waals surface area contributed by atoms with E-state index in [1.807, 2.05) is 0 Å². The first-order valence-electron chi connectivity index (χ1n) is 22.1. The van der Waals surface area contributed by atoms with Crippen molar-refractivity contribution >= 4 is 54.4 Å². The van der Waals surface area contributed by atoms with Crippen LogP contribution >= 0.6 is 0 Å². The van der Waals surface area contributed by atoms with Crippen LogP contribution in [-0.2, 0) is 5.41 Å². The van der Waals surface area contributed by atoms with Crippen molar-refractivity contribution in [1.82, 2.24) is 14.5 Å². The van der Waals surface area contributed by atoms with Gasteiger partial charge in [-0.1, -0.05) is 172 Å². The highest BCUT2D eigenvalue weighted by atomic mass is 15.0. The molecule has 0 bridgehead atoms. The van der Waals surface area contributed by atoms with E-state index in [9.17, 15) is 0 Å². The normalized spacial score (nSPS) is 13.0. The first-order chi connectivity index (χ1) is 31.5. The first-order valence-corrected chi connectivity index (χ1v) is 22.1. The summed E-state index contributed by atoms with van der Waals surface area (Å²) in [6.45, 7) is 4.75. The number of para-hydroxylation sites is 2. The van der Waals surface area contributed by atoms with Crippen LogP contribution in [0.3, 0.4) is 0 Å². The van der Waals surface area contributed by atoms with E-state index in [2.05, 4.69) is 219 Å².